The third kappa shape index (κ3) is 3.66. The molecule has 1 aromatic carbocycles. The fourth-order valence-corrected chi connectivity index (χ4v) is 2.46. The van der Waals surface area contributed by atoms with Gasteiger partial charge >= 0.3 is 0 Å². The van der Waals surface area contributed by atoms with Gasteiger partial charge in [0.1, 0.15) is 4.47 Å². The zero-order valence-electron chi connectivity index (χ0n) is 11.2. The van der Waals surface area contributed by atoms with Crippen LogP contribution in [-0.2, 0) is 6.54 Å². The number of nitro groups is 1. The average molecular weight is 353 g/mol. The summed E-state index contributed by atoms with van der Waals surface area (Å²) < 4.78 is 1.88. The number of amides is 1. The highest BCUT2D eigenvalue weighted by Crippen LogP contribution is 2.28. The third-order valence-corrected chi connectivity index (χ3v) is 3.65. The minimum Gasteiger partial charge on any atom is -0.348 e. The quantitative estimate of drug-likeness (QED) is 0.660. The van der Waals surface area contributed by atoms with E-state index in [1.165, 1.54) is 18.2 Å². The molecule has 0 radical (unpaired) electrons. The summed E-state index contributed by atoms with van der Waals surface area (Å²) in [5.74, 6) is -0.370. The number of hydrogen-bond donors (Lipinski definition) is 1. The molecule has 1 amide bonds. The molecule has 2 aromatic rings. The van der Waals surface area contributed by atoms with Crippen molar-refractivity contribution in [1.82, 2.24) is 15.1 Å². The van der Waals surface area contributed by atoms with Crippen molar-refractivity contribution in [2.45, 2.75) is 19.5 Å². The van der Waals surface area contributed by atoms with Gasteiger partial charge in [-0.05, 0) is 35.0 Å². The normalized spacial score (nSPS) is 11.9. The number of aromatic nitrogens is 2. The van der Waals surface area contributed by atoms with Crippen molar-refractivity contribution in [3.63, 3.8) is 0 Å². The Balaban J connectivity index is 2.10. The second kappa shape index (κ2) is 6.49. The van der Waals surface area contributed by atoms with E-state index in [1.807, 2.05) is 6.92 Å². The fraction of sp³-hybridized carbons (Fsp3) is 0.231. The number of benzene rings is 1. The number of carbonyl (C=O) groups excluding carboxylic acids is 1. The molecular weight excluding hydrogens is 340 g/mol. The summed E-state index contributed by atoms with van der Waals surface area (Å²) in [7, 11) is 0. The van der Waals surface area contributed by atoms with Gasteiger partial charge in [-0.1, -0.05) is 6.07 Å². The van der Waals surface area contributed by atoms with Crippen LogP contribution in [-0.4, -0.2) is 26.7 Å². The van der Waals surface area contributed by atoms with Crippen LogP contribution in [0.25, 0.3) is 0 Å². The molecule has 0 saturated carbocycles. The number of halogens is 1. The first-order valence-electron chi connectivity index (χ1n) is 6.20. The van der Waals surface area contributed by atoms with Crippen LogP contribution < -0.4 is 5.32 Å². The van der Waals surface area contributed by atoms with Gasteiger partial charge in [0.05, 0.1) is 17.0 Å². The Hall–Kier alpha value is -2.22. The molecular formula is C13H13BrN4O3. The summed E-state index contributed by atoms with van der Waals surface area (Å²) in [5, 5.41) is 17.7. The van der Waals surface area contributed by atoms with Gasteiger partial charge in [0, 0.05) is 24.5 Å². The smallest absolute Gasteiger partial charge is 0.284 e. The Kier molecular flexibility index (Phi) is 4.69. The highest BCUT2D eigenvalue weighted by Gasteiger charge is 2.20. The van der Waals surface area contributed by atoms with Gasteiger partial charge in [-0.2, -0.15) is 5.10 Å². The standard InChI is InChI=1S/C13H13BrN4O3/c1-9(8-17-7-3-6-15-17)16-13(19)10-4-2-5-11(12(10)14)18(20)21/h2-7,9H,8H2,1H3,(H,16,19). The molecule has 1 aromatic heterocycles. The molecule has 0 aliphatic heterocycles. The van der Waals surface area contributed by atoms with Crippen LogP contribution in [0.5, 0.6) is 0 Å². The van der Waals surface area contributed by atoms with Crippen LogP contribution in [0.2, 0.25) is 0 Å². The van der Waals surface area contributed by atoms with Crippen molar-refractivity contribution >= 4 is 27.5 Å². The van der Waals surface area contributed by atoms with Gasteiger partial charge in [0.25, 0.3) is 11.6 Å². The molecule has 7 nitrogen and oxygen atoms in total. The number of carbonyl (C=O) groups is 1. The summed E-state index contributed by atoms with van der Waals surface area (Å²) in [4.78, 5) is 22.5. The van der Waals surface area contributed by atoms with Gasteiger partial charge in [0.15, 0.2) is 0 Å². The molecule has 1 unspecified atom stereocenters. The third-order valence-electron chi connectivity index (χ3n) is 2.82. The van der Waals surface area contributed by atoms with Gasteiger partial charge < -0.3 is 5.32 Å². The summed E-state index contributed by atoms with van der Waals surface area (Å²) in [6.07, 6.45) is 3.46. The van der Waals surface area contributed by atoms with Crippen LogP contribution in [0.15, 0.2) is 41.1 Å². The second-order valence-electron chi connectivity index (χ2n) is 4.50. The van der Waals surface area contributed by atoms with Crippen LogP contribution >= 0.6 is 15.9 Å². The van der Waals surface area contributed by atoms with Crippen molar-refractivity contribution in [2.75, 3.05) is 0 Å². The number of nitrogens with zero attached hydrogens (tertiary/aromatic N) is 3. The average Bonchev–Trinajstić information content (AvgIpc) is 2.91. The van der Waals surface area contributed by atoms with Crippen molar-refractivity contribution in [3.8, 4) is 0 Å². The molecule has 8 heteroatoms. The maximum atomic E-state index is 12.2. The zero-order chi connectivity index (χ0) is 15.4. The predicted molar refractivity (Wildman–Crippen MR) is 80.0 cm³/mol. The largest absolute Gasteiger partial charge is 0.348 e. The lowest BCUT2D eigenvalue weighted by atomic mass is 10.1. The number of hydrogen-bond acceptors (Lipinski definition) is 4. The maximum Gasteiger partial charge on any atom is 0.284 e. The Morgan fingerprint density at radius 1 is 1.52 bits per heavy atom. The van der Waals surface area contributed by atoms with E-state index in [4.69, 9.17) is 0 Å². The van der Waals surface area contributed by atoms with Crippen molar-refractivity contribution < 1.29 is 9.72 Å². The molecule has 0 bridgehead atoms. The summed E-state index contributed by atoms with van der Waals surface area (Å²) >= 11 is 3.11. The van der Waals surface area contributed by atoms with Crippen LogP contribution in [0.3, 0.4) is 0 Å². The summed E-state index contributed by atoms with van der Waals surface area (Å²) in [5.41, 5.74) is 0.0962. The molecule has 1 atom stereocenters. The van der Waals surface area contributed by atoms with E-state index < -0.39 is 4.92 Å². The monoisotopic (exact) mass is 352 g/mol. The van der Waals surface area contributed by atoms with Gasteiger partial charge in [-0.15, -0.1) is 0 Å². The van der Waals surface area contributed by atoms with E-state index in [0.717, 1.165) is 0 Å². The lowest BCUT2D eigenvalue weighted by Gasteiger charge is -2.14. The van der Waals surface area contributed by atoms with E-state index in [2.05, 4.69) is 26.3 Å². The molecule has 21 heavy (non-hydrogen) atoms. The van der Waals surface area contributed by atoms with Crippen LogP contribution in [0.4, 0.5) is 5.69 Å². The Labute approximate surface area is 129 Å². The molecule has 0 saturated heterocycles. The van der Waals surface area contributed by atoms with E-state index in [9.17, 15) is 14.9 Å². The Morgan fingerprint density at radius 2 is 2.29 bits per heavy atom. The first kappa shape index (κ1) is 15.2. The SMILES string of the molecule is CC(Cn1cccn1)NC(=O)c1cccc([N+](=O)[O-])c1Br. The van der Waals surface area contributed by atoms with Crippen molar-refractivity contribution in [3.05, 3.63) is 56.8 Å². The molecule has 1 N–H and O–H groups in total. The number of nitro benzene ring substituents is 1. The highest BCUT2D eigenvalue weighted by molar-refractivity contribution is 9.10. The molecule has 0 aliphatic carbocycles. The van der Waals surface area contributed by atoms with Crippen molar-refractivity contribution in [1.29, 1.82) is 0 Å². The minimum absolute atomic E-state index is 0.137. The minimum atomic E-state index is -0.534. The Morgan fingerprint density at radius 3 is 2.90 bits per heavy atom. The Bertz CT molecular complexity index is 657. The summed E-state index contributed by atoms with van der Waals surface area (Å²) in [6.45, 7) is 2.36. The van der Waals surface area contributed by atoms with E-state index >= 15 is 0 Å². The molecule has 0 spiro atoms. The summed E-state index contributed by atoms with van der Waals surface area (Å²) in [6, 6.07) is 5.99. The van der Waals surface area contributed by atoms with Gasteiger partial charge in [-0.25, -0.2) is 0 Å². The lowest BCUT2D eigenvalue weighted by Crippen LogP contribution is -2.36. The zero-order valence-corrected chi connectivity index (χ0v) is 12.8. The predicted octanol–water partition coefficient (Wildman–Crippen LogP) is 2.37. The molecule has 1 heterocycles. The molecule has 0 aliphatic rings. The second-order valence-corrected chi connectivity index (χ2v) is 5.29. The van der Waals surface area contributed by atoms with Crippen LogP contribution in [0, 0.1) is 10.1 Å². The van der Waals surface area contributed by atoms with E-state index in [0.29, 0.717) is 6.54 Å². The maximum absolute atomic E-state index is 12.2. The van der Waals surface area contributed by atoms with Crippen molar-refractivity contribution in [2.24, 2.45) is 0 Å². The van der Waals surface area contributed by atoms with Crippen LogP contribution in [0.1, 0.15) is 17.3 Å². The number of nitrogens with one attached hydrogen (secondary N) is 1. The highest BCUT2D eigenvalue weighted by atomic mass is 79.9. The first-order chi connectivity index (χ1) is 9.99. The van der Waals surface area contributed by atoms with E-state index in [-0.39, 0.29) is 27.7 Å². The number of rotatable bonds is 5. The molecule has 0 fully saturated rings. The topological polar surface area (TPSA) is 90.1 Å². The van der Waals surface area contributed by atoms with Gasteiger partial charge in [0.2, 0.25) is 0 Å². The van der Waals surface area contributed by atoms with Gasteiger partial charge in [-0.3, -0.25) is 19.6 Å². The van der Waals surface area contributed by atoms with E-state index in [1.54, 1.807) is 23.1 Å². The fourth-order valence-electron chi connectivity index (χ4n) is 1.87. The molecule has 110 valence electrons. The molecule has 2 rings (SSSR count). The first-order valence-corrected chi connectivity index (χ1v) is 6.99. The lowest BCUT2D eigenvalue weighted by molar-refractivity contribution is -0.385.